The summed E-state index contributed by atoms with van der Waals surface area (Å²) in [5.74, 6) is 1.15. The van der Waals surface area contributed by atoms with Crippen LogP contribution in [-0.4, -0.2) is 67.0 Å². The highest BCUT2D eigenvalue weighted by Gasteiger charge is 2.32. The van der Waals surface area contributed by atoms with Gasteiger partial charge in [0.25, 0.3) is 5.91 Å². The van der Waals surface area contributed by atoms with Crippen LogP contribution < -0.4 is 14.8 Å². The zero-order valence-corrected chi connectivity index (χ0v) is 16.5. The van der Waals surface area contributed by atoms with Crippen molar-refractivity contribution >= 4 is 17.5 Å². The fourth-order valence-electron chi connectivity index (χ4n) is 3.51. The Morgan fingerprint density at radius 1 is 1.00 bits per heavy atom. The molecule has 152 valence electrons. The number of benzene rings is 2. The summed E-state index contributed by atoms with van der Waals surface area (Å²) in [6.07, 6.45) is -0.624. The number of hydrogen-bond acceptors (Lipinski definition) is 5. The number of hydrogen-bond donors (Lipinski definition) is 1. The molecule has 0 radical (unpaired) electrons. The highest BCUT2D eigenvalue weighted by Crippen LogP contribution is 2.31. The number of rotatable bonds is 4. The van der Waals surface area contributed by atoms with Crippen molar-refractivity contribution in [3.63, 3.8) is 0 Å². The Balaban J connectivity index is 1.24. The molecule has 2 heterocycles. The molecule has 0 unspecified atom stereocenters. The molecule has 2 aromatic carbocycles. The van der Waals surface area contributed by atoms with Crippen molar-refractivity contribution in [2.24, 2.45) is 0 Å². The second-order valence-electron chi connectivity index (χ2n) is 7.38. The summed E-state index contributed by atoms with van der Waals surface area (Å²) in [4.78, 5) is 28.9. The van der Waals surface area contributed by atoms with E-state index in [1.54, 1.807) is 11.0 Å². The summed E-state index contributed by atoms with van der Waals surface area (Å²) in [7, 11) is 0. The average molecular weight is 395 g/mol. The maximum atomic E-state index is 12.8. The van der Waals surface area contributed by atoms with E-state index in [9.17, 15) is 9.59 Å². The van der Waals surface area contributed by atoms with Crippen molar-refractivity contribution in [3.8, 4) is 11.5 Å². The lowest BCUT2D eigenvalue weighted by Gasteiger charge is -2.36. The fourth-order valence-corrected chi connectivity index (χ4v) is 3.51. The van der Waals surface area contributed by atoms with Crippen LogP contribution in [0.3, 0.4) is 0 Å². The third-order valence-corrected chi connectivity index (χ3v) is 5.17. The number of nitrogens with zero attached hydrogens (tertiary/aromatic N) is 2. The standard InChI is InChI=1S/C22H25N3O4/c1-16-6-8-17(9-7-16)23-21(26)14-24-10-12-25(13-11-24)22(27)20-15-28-18-4-2-3-5-19(18)29-20/h2-9,20H,10-15H2,1H3,(H,23,26)/t20-/m1/s1. The smallest absolute Gasteiger partial charge is 0.267 e. The van der Waals surface area contributed by atoms with Crippen molar-refractivity contribution in [2.45, 2.75) is 13.0 Å². The maximum absolute atomic E-state index is 12.8. The SMILES string of the molecule is Cc1ccc(NC(=O)CN2CCN(C(=O)[C@H]3COc4ccccc4O3)CC2)cc1. The molecule has 7 nitrogen and oxygen atoms in total. The van der Waals surface area contributed by atoms with E-state index in [1.807, 2.05) is 49.4 Å². The van der Waals surface area contributed by atoms with Gasteiger partial charge in [0.2, 0.25) is 12.0 Å². The first-order valence-electron chi connectivity index (χ1n) is 9.84. The molecule has 2 aromatic rings. The number of nitrogens with one attached hydrogen (secondary N) is 1. The first kappa shape index (κ1) is 19.3. The largest absolute Gasteiger partial charge is 0.485 e. The summed E-state index contributed by atoms with van der Waals surface area (Å²) < 4.78 is 11.5. The van der Waals surface area contributed by atoms with Gasteiger partial charge in [-0.1, -0.05) is 29.8 Å². The summed E-state index contributed by atoms with van der Waals surface area (Å²) in [6, 6.07) is 15.1. The van der Waals surface area contributed by atoms with Gasteiger partial charge in [-0.15, -0.1) is 0 Å². The van der Waals surface area contributed by atoms with Gasteiger partial charge in [0.1, 0.15) is 6.61 Å². The van der Waals surface area contributed by atoms with Gasteiger partial charge < -0.3 is 19.7 Å². The maximum Gasteiger partial charge on any atom is 0.267 e. The highest BCUT2D eigenvalue weighted by atomic mass is 16.6. The van der Waals surface area contributed by atoms with Crippen molar-refractivity contribution in [3.05, 3.63) is 54.1 Å². The molecule has 29 heavy (non-hydrogen) atoms. The second-order valence-corrected chi connectivity index (χ2v) is 7.38. The van der Waals surface area contributed by atoms with Crippen LogP contribution in [-0.2, 0) is 9.59 Å². The Morgan fingerprint density at radius 3 is 2.41 bits per heavy atom. The molecular formula is C22H25N3O4. The minimum Gasteiger partial charge on any atom is -0.485 e. The van der Waals surface area contributed by atoms with Gasteiger partial charge in [-0.3, -0.25) is 14.5 Å². The number of ether oxygens (including phenoxy) is 2. The van der Waals surface area contributed by atoms with E-state index in [0.29, 0.717) is 44.2 Å². The van der Waals surface area contributed by atoms with Gasteiger partial charge >= 0.3 is 0 Å². The quantitative estimate of drug-likeness (QED) is 0.857. The van der Waals surface area contributed by atoms with Gasteiger partial charge in [-0.25, -0.2) is 0 Å². The van der Waals surface area contributed by atoms with Crippen LogP contribution in [0.2, 0.25) is 0 Å². The number of aryl methyl sites for hydroxylation is 1. The third kappa shape index (κ3) is 4.68. The van der Waals surface area contributed by atoms with Crippen LogP contribution in [0.1, 0.15) is 5.56 Å². The molecule has 0 saturated carbocycles. The van der Waals surface area contributed by atoms with Gasteiger partial charge in [-0.2, -0.15) is 0 Å². The number of carbonyl (C=O) groups excluding carboxylic acids is 2. The summed E-state index contributed by atoms with van der Waals surface area (Å²) >= 11 is 0. The van der Waals surface area contributed by atoms with Crippen LogP contribution in [0.4, 0.5) is 5.69 Å². The second kappa shape index (κ2) is 8.53. The molecule has 1 N–H and O–H groups in total. The first-order valence-corrected chi connectivity index (χ1v) is 9.84. The van der Waals surface area contributed by atoms with E-state index in [-0.39, 0.29) is 18.4 Å². The molecule has 4 rings (SSSR count). The minimum absolute atomic E-state index is 0.0470. The molecule has 2 amide bonds. The zero-order valence-electron chi connectivity index (χ0n) is 16.5. The molecular weight excluding hydrogens is 370 g/mol. The highest BCUT2D eigenvalue weighted by molar-refractivity contribution is 5.92. The van der Waals surface area contributed by atoms with E-state index >= 15 is 0 Å². The van der Waals surface area contributed by atoms with Gasteiger partial charge in [-0.05, 0) is 31.2 Å². The monoisotopic (exact) mass is 395 g/mol. The Labute approximate surface area is 170 Å². The Hall–Kier alpha value is -3.06. The molecule has 0 bridgehead atoms. The van der Waals surface area contributed by atoms with Crippen LogP contribution >= 0.6 is 0 Å². The first-order chi connectivity index (χ1) is 14.1. The molecule has 2 aliphatic rings. The van der Waals surface area contributed by atoms with E-state index in [2.05, 4.69) is 10.2 Å². The van der Waals surface area contributed by atoms with E-state index < -0.39 is 6.10 Å². The van der Waals surface area contributed by atoms with E-state index in [4.69, 9.17) is 9.47 Å². The van der Waals surface area contributed by atoms with Crippen LogP contribution in [0.15, 0.2) is 48.5 Å². The van der Waals surface area contributed by atoms with E-state index in [0.717, 1.165) is 11.3 Å². The summed E-state index contributed by atoms with van der Waals surface area (Å²) in [6.45, 7) is 4.97. The zero-order chi connectivity index (χ0) is 20.2. The number of carbonyl (C=O) groups is 2. The predicted octanol–water partition coefficient (Wildman–Crippen LogP) is 1.92. The Morgan fingerprint density at radius 2 is 1.69 bits per heavy atom. The van der Waals surface area contributed by atoms with Crippen molar-refractivity contribution in [1.82, 2.24) is 9.80 Å². The molecule has 7 heteroatoms. The van der Waals surface area contributed by atoms with Crippen LogP contribution in [0.25, 0.3) is 0 Å². The van der Waals surface area contributed by atoms with Gasteiger partial charge in [0.15, 0.2) is 11.5 Å². The van der Waals surface area contributed by atoms with Crippen molar-refractivity contribution < 1.29 is 19.1 Å². The number of fused-ring (bicyclic) bond motifs is 1. The topological polar surface area (TPSA) is 71.1 Å². The lowest BCUT2D eigenvalue weighted by molar-refractivity contribution is -0.143. The summed E-state index contributed by atoms with van der Waals surface area (Å²) in [5, 5.41) is 2.91. The summed E-state index contributed by atoms with van der Waals surface area (Å²) in [5.41, 5.74) is 1.95. The lowest BCUT2D eigenvalue weighted by Crippen LogP contribution is -2.54. The third-order valence-electron chi connectivity index (χ3n) is 5.17. The number of amides is 2. The molecule has 0 aromatic heterocycles. The Kier molecular flexibility index (Phi) is 5.67. The average Bonchev–Trinajstić information content (AvgIpc) is 2.75. The number of anilines is 1. The van der Waals surface area contributed by atoms with E-state index in [1.165, 1.54) is 0 Å². The van der Waals surface area contributed by atoms with Crippen molar-refractivity contribution in [2.75, 3.05) is 44.6 Å². The molecule has 1 saturated heterocycles. The fraction of sp³-hybridized carbons (Fsp3) is 0.364. The lowest BCUT2D eigenvalue weighted by atomic mass is 10.2. The predicted molar refractivity (Wildman–Crippen MR) is 109 cm³/mol. The minimum atomic E-state index is -0.624. The van der Waals surface area contributed by atoms with Gasteiger partial charge in [0, 0.05) is 31.9 Å². The molecule has 1 fully saturated rings. The van der Waals surface area contributed by atoms with Crippen LogP contribution in [0, 0.1) is 6.92 Å². The normalized spacial score (nSPS) is 18.9. The molecule has 0 spiro atoms. The van der Waals surface area contributed by atoms with Gasteiger partial charge in [0.05, 0.1) is 6.54 Å². The number of para-hydroxylation sites is 2. The molecule has 2 aliphatic heterocycles. The molecule has 0 aliphatic carbocycles. The van der Waals surface area contributed by atoms with Crippen LogP contribution in [0.5, 0.6) is 11.5 Å². The molecule has 1 atom stereocenters. The van der Waals surface area contributed by atoms with Crippen molar-refractivity contribution in [1.29, 1.82) is 0 Å². The Bertz CT molecular complexity index is 876. The number of piperazine rings is 1.